The lowest BCUT2D eigenvalue weighted by atomic mass is 10.2. The van der Waals surface area contributed by atoms with Crippen molar-refractivity contribution < 1.29 is 18.3 Å². The first-order valence-corrected chi connectivity index (χ1v) is 9.67. The smallest absolute Gasteiger partial charge is 0.387 e. The Hall–Kier alpha value is -2.75. The molecule has 2 aromatic heterocycles. The molecule has 2 saturated heterocycles. The van der Waals surface area contributed by atoms with Gasteiger partial charge in [0.25, 0.3) is 0 Å². The van der Waals surface area contributed by atoms with E-state index < -0.39 is 6.61 Å². The molecule has 0 bridgehead atoms. The van der Waals surface area contributed by atoms with Gasteiger partial charge in [0, 0.05) is 44.0 Å². The van der Waals surface area contributed by atoms with Gasteiger partial charge in [-0.1, -0.05) is 6.92 Å². The van der Waals surface area contributed by atoms with Gasteiger partial charge in [0.15, 0.2) is 11.6 Å². The Kier molecular flexibility index (Phi) is 5.61. The Bertz CT molecular complexity index is 840. The quantitative estimate of drug-likeness (QED) is 0.810. The topological polar surface area (TPSA) is 89.6 Å². The van der Waals surface area contributed by atoms with Crippen molar-refractivity contribution in [1.29, 1.82) is 0 Å². The van der Waals surface area contributed by atoms with Gasteiger partial charge in [-0.05, 0) is 18.4 Å². The van der Waals surface area contributed by atoms with Crippen LogP contribution in [0.2, 0.25) is 0 Å². The van der Waals surface area contributed by atoms with Gasteiger partial charge in [-0.15, -0.1) is 0 Å². The molecular formula is C19H24F2N6O2. The molecule has 2 fully saturated rings. The van der Waals surface area contributed by atoms with Crippen molar-refractivity contribution in [1.82, 2.24) is 15.0 Å². The van der Waals surface area contributed by atoms with Crippen molar-refractivity contribution in [2.45, 2.75) is 20.0 Å². The summed E-state index contributed by atoms with van der Waals surface area (Å²) in [6.45, 7) is 3.70. The van der Waals surface area contributed by atoms with Crippen LogP contribution in [-0.4, -0.2) is 61.0 Å². The SMILES string of the molecule is CC1CCN(c2nc(-c3cnc(N)c(OC(F)F)c3)cc(N3CCOCC3)n2)C1. The fourth-order valence-electron chi connectivity index (χ4n) is 3.57. The summed E-state index contributed by atoms with van der Waals surface area (Å²) >= 11 is 0. The molecule has 2 aliphatic rings. The third-order valence-corrected chi connectivity index (χ3v) is 5.14. The third-order valence-electron chi connectivity index (χ3n) is 5.14. The van der Waals surface area contributed by atoms with Crippen LogP contribution in [-0.2, 0) is 4.74 Å². The summed E-state index contributed by atoms with van der Waals surface area (Å²) in [4.78, 5) is 17.8. The molecule has 0 radical (unpaired) electrons. The summed E-state index contributed by atoms with van der Waals surface area (Å²) < 4.78 is 35.3. The lowest BCUT2D eigenvalue weighted by Crippen LogP contribution is -2.37. The minimum absolute atomic E-state index is 0.0925. The molecule has 0 saturated carbocycles. The second-order valence-corrected chi connectivity index (χ2v) is 7.34. The highest BCUT2D eigenvalue weighted by Crippen LogP contribution is 2.31. The van der Waals surface area contributed by atoms with Crippen LogP contribution in [0, 0.1) is 5.92 Å². The normalized spacial score (nSPS) is 19.8. The number of halogens is 2. The third kappa shape index (κ3) is 4.47. The Labute approximate surface area is 167 Å². The van der Waals surface area contributed by atoms with Crippen LogP contribution < -0.4 is 20.3 Å². The van der Waals surface area contributed by atoms with Crippen molar-refractivity contribution in [3.63, 3.8) is 0 Å². The summed E-state index contributed by atoms with van der Waals surface area (Å²) in [6.07, 6.45) is 2.59. The minimum Gasteiger partial charge on any atom is -0.431 e. The zero-order chi connectivity index (χ0) is 20.4. The second-order valence-electron chi connectivity index (χ2n) is 7.34. The molecule has 4 rings (SSSR count). The van der Waals surface area contributed by atoms with Crippen LogP contribution in [0.4, 0.5) is 26.4 Å². The molecule has 0 aliphatic carbocycles. The number of nitrogens with two attached hydrogens (primary N) is 1. The van der Waals surface area contributed by atoms with Gasteiger partial charge in [0.1, 0.15) is 5.82 Å². The van der Waals surface area contributed by atoms with E-state index >= 15 is 0 Å². The fraction of sp³-hybridized carbons (Fsp3) is 0.526. The highest BCUT2D eigenvalue weighted by atomic mass is 19.3. The molecule has 1 atom stereocenters. The van der Waals surface area contributed by atoms with Crippen LogP contribution in [0.5, 0.6) is 5.75 Å². The fourth-order valence-corrected chi connectivity index (χ4v) is 3.57. The van der Waals surface area contributed by atoms with Gasteiger partial charge in [-0.3, -0.25) is 0 Å². The number of nitrogens with zero attached hydrogens (tertiary/aromatic N) is 5. The predicted molar refractivity (Wildman–Crippen MR) is 105 cm³/mol. The number of morpholine rings is 1. The number of nitrogen functional groups attached to an aromatic ring is 1. The monoisotopic (exact) mass is 406 g/mol. The Balaban J connectivity index is 1.73. The molecule has 156 valence electrons. The van der Waals surface area contributed by atoms with Gasteiger partial charge in [0.2, 0.25) is 5.95 Å². The molecule has 2 N–H and O–H groups in total. The van der Waals surface area contributed by atoms with Gasteiger partial charge in [-0.2, -0.15) is 13.8 Å². The van der Waals surface area contributed by atoms with Crippen LogP contribution in [0.1, 0.15) is 13.3 Å². The summed E-state index contributed by atoms with van der Waals surface area (Å²) in [5.41, 5.74) is 6.80. The highest BCUT2D eigenvalue weighted by Gasteiger charge is 2.24. The number of pyridine rings is 1. The first-order chi connectivity index (χ1) is 14.0. The second kappa shape index (κ2) is 8.32. The molecule has 0 aromatic carbocycles. The number of anilines is 3. The summed E-state index contributed by atoms with van der Waals surface area (Å²) in [7, 11) is 0. The zero-order valence-electron chi connectivity index (χ0n) is 16.2. The zero-order valence-corrected chi connectivity index (χ0v) is 16.2. The molecule has 4 heterocycles. The maximum Gasteiger partial charge on any atom is 0.387 e. The van der Waals surface area contributed by atoms with Crippen molar-refractivity contribution >= 4 is 17.6 Å². The number of rotatable bonds is 5. The number of ether oxygens (including phenoxy) is 2. The van der Waals surface area contributed by atoms with Crippen molar-refractivity contribution in [2.24, 2.45) is 5.92 Å². The van der Waals surface area contributed by atoms with E-state index in [2.05, 4.69) is 26.4 Å². The van der Waals surface area contributed by atoms with E-state index in [4.69, 9.17) is 20.4 Å². The van der Waals surface area contributed by atoms with Gasteiger partial charge in [-0.25, -0.2) is 9.97 Å². The largest absolute Gasteiger partial charge is 0.431 e. The van der Waals surface area contributed by atoms with E-state index in [0.717, 1.165) is 38.4 Å². The van der Waals surface area contributed by atoms with Gasteiger partial charge in [0.05, 0.1) is 18.9 Å². The Morgan fingerprint density at radius 3 is 2.66 bits per heavy atom. The number of alkyl halides is 2. The highest BCUT2D eigenvalue weighted by molar-refractivity contribution is 5.68. The van der Waals surface area contributed by atoms with E-state index in [0.29, 0.717) is 36.3 Å². The van der Waals surface area contributed by atoms with Crippen molar-refractivity contribution in [2.75, 3.05) is 54.9 Å². The minimum atomic E-state index is -2.98. The molecule has 0 spiro atoms. The average Bonchev–Trinajstić information content (AvgIpc) is 3.16. The molecule has 29 heavy (non-hydrogen) atoms. The van der Waals surface area contributed by atoms with Gasteiger partial charge >= 0.3 is 6.61 Å². The lowest BCUT2D eigenvalue weighted by Gasteiger charge is -2.29. The van der Waals surface area contributed by atoms with E-state index in [1.54, 1.807) is 0 Å². The van der Waals surface area contributed by atoms with Crippen LogP contribution >= 0.6 is 0 Å². The number of aromatic nitrogens is 3. The Morgan fingerprint density at radius 1 is 1.17 bits per heavy atom. The maximum absolute atomic E-state index is 12.7. The van der Waals surface area contributed by atoms with Crippen LogP contribution in [0.25, 0.3) is 11.3 Å². The summed E-state index contributed by atoms with van der Waals surface area (Å²) in [6, 6.07) is 3.28. The van der Waals surface area contributed by atoms with E-state index in [1.807, 2.05) is 6.07 Å². The van der Waals surface area contributed by atoms with Crippen LogP contribution in [0.15, 0.2) is 18.3 Å². The average molecular weight is 406 g/mol. The maximum atomic E-state index is 12.7. The molecule has 2 aliphatic heterocycles. The summed E-state index contributed by atoms with van der Waals surface area (Å²) in [5, 5.41) is 0. The number of hydrogen-bond acceptors (Lipinski definition) is 8. The first kappa shape index (κ1) is 19.6. The predicted octanol–water partition coefficient (Wildman–Crippen LogP) is 2.41. The number of hydrogen-bond donors (Lipinski definition) is 1. The molecule has 8 nitrogen and oxygen atoms in total. The van der Waals surface area contributed by atoms with E-state index in [9.17, 15) is 8.78 Å². The van der Waals surface area contributed by atoms with E-state index in [1.165, 1.54) is 12.3 Å². The van der Waals surface area contributed by atoms with Gasteiger partial charge < -0.3 is 25.0 Å². The Morgan fingerprint density at radius 2 is 1.97 bits per heavy atom. The standard InChI is InChI=1S/C19H24F2N6O2/c1-12-2-3-27(11-12)19-24-14(9-16(25-19)26-4-6-28-7-5-26)13-8-15(29-18(20)21)17(22)23-10-13/h8-10,12,18H,2-7,11H2,1H3,(H2,22,23). The molecule has 0 amide bonds. The van der Waals surface area contributed by atoms with E-state index in [-0.39, 0.29) is 11.6 Å². The molecule has 1 unspecified atom stereocenters. The molecular weight excluding hydrogens is 382 g/mol. The molecule has 2 aromatic rings. The first-order valence-electron chi connectivity index (χ1n) is 9.67. The summed E-state index contributed by atoms with van der Waals surface area (Å²) in [5.74, 6) is 1.71. The lowest BCUT2D eigenvalue weighted by molar-refractivity contribution is -0.0494. The van der Waals surface area contributed by atoms with Crippen molar-refractivity contribution in [3.8, 4) is 17.0 Å². The molecule has 10 heteroatoms. The van der Waals surface area contributed by atoms with Crippen LogP contribution in [0.3, 0.4) is 0 Å². The van der Waals surface area contributed by atoms with Crippen molar-refractivity contribution in [3.05, 3.63) is 18.3 Å².